The SMILES string of the molecule is O=c1ccccn1-c1ccc(N[C@H]2CC[C@H](Nc3nc4cc(CO)ccc4s3)C2)nc1. The van der Waals surface area contributed by atoms with Crippen molar-refractivity contribution in [3.63, 3.8) is 0 Å². The molecule has 0 amide bonds. The molecule has 0 aliphatic heterocycles. The van der Waals surface area contributed by atoms with Gasteiger partial charge in [0.05, 0.1) is 28.7 Å². The number of fused-ring (bicyclic) bond motifs is 1. The zero-order valence-corrected chi connectivity index (χ0v) is 17.7. The molecule has 1 aliphatic rings. The summed E-state index contributed by atoms with van der Waals surface area (Å²) in [5, 5.41) is 17.3. The number of thiazole rings is 1. The van der Waals surface area contributed by atoms with Crippen molar-refractivity contribution in [2.24, 2.45) is 0 Å². The van der Waals surface area contributed by atoms with E-state index in [2.05, 4.69) is 20.6 Å². The molecule has 1 fully saturated rings. The second-order valence-corrected chi connectivity index (χ2v) is 8.82. The van der Waals surface area contributed by atoms with E-state index in [9.17, 15) is 9.90 Å². The number of aliphatic hydroxyl groups is 1. The third kappa shape index (κ3) is 4.30. The Hall–Kier alpha value is -3.23. The van der Waals surface area contributed by atoms with Gasteiger partial charge in [-0.05, 0) is 55.2 Å². The van der Waals surface area contributed by atoms with Gasteiger partial charge in [-0.3, -0.25) is 9.36 Å². The molecule has 0 unspecified atom stereocenters. The molecule has 0 radical (unpaired) electrons. The van der Waals surface area contributed by atoms with Crippen LogP contribution in [0.3, 0.4) is 0 Å². The standard InChI is InChI=1S/C23H23N5O2S/c29-14-15-4-8-20-19(11-15)27-23(31-20)26-17-6-5-16(12-17)25-21-9-7-18(13-24-21)28-10-2-1-3-22(28)30/h1-4,7-11,13,16-17,29H,5-6,12,14H2,(H,24,25)(H,26,27)/t16-,17-/m0/s1. The van der Waals surface area contributed by atoms with Crippen LogP contribution in [0.4, 0.5) is 10.9 Å². The van der Waals surface area contributed by atoms with Crippen LogP contribution in [-0.2, 0) is 6.61 Å². The van der Waals surface area contributed by atoms with Crippen LogP contribution < -0.4 is 16.2 Å². The number of nitrogens with zero attached hydrogens (tertiary/aromatic N) is 3. The molecule has 3 aromatic heterocycles. The fourth-order valence-corrected chi connectivity index (χ4v) is 4.94. The van der Waals surface area contributed by atoms with E-state index < -0.39 is 0 Å². The van der Waals surface area contributed by atoms with Gasteiger partial charge in [0, 0.05) is 24.3 Å². The predicted octanol–water partition coefficient (Wildman–Crippen LogP) is 3.78. The summed E-state index contributed by atoms with van der Waals surface area (Å²) in [6.45, 7) is 0.0311. The molecule has 158 valence electrons. The highest BCUT2D eigenvalue weighted by molar-refractivity contribution is 7.22. The van der Waals surface area contributed by atoms with Crippen molar-refractivity contribution in [1.29, 1.82) is 0 Å². The molecule has 4 aromatic rings. The van der Waals surface area contributed by atoms with E-state index in [-0.39, 0.29) is 12.2 Å². The van der Waals surface area contributed by atoms with Crippen LogP contribution in [0.15, 0.2) is 65.7 Å². The topological polar surface area (TPSA) is 92.1 Å². The lowest BCUT2D eigenvalue weighted by molar-refractivity contribution is 0.282. The third-order valence-corrected chi connectivity index (χ3v) is 6.56. The van der Waals surface area contributed by atoms with Crippen LogP contribution in [0.25, 0.3) is 15.9 Å². The van der Waals surface area contributed by atoms with Crippen molar-refractivity contribution in [3.05, 3.63) is 76.8 Å². The first kappa shape index (κ1) is 19.7. The predicted molar refractivity (Wildman–Crippen MR) is 124 cm³/mol. The van der Waals surface area contributed by atoms with Gasteiger partial charge in [-0.25, -0.2) is 9.97 Å². The lowest BCUT2D eigenvalue weighted by Crippen LogP contribution is -2.21. The molecule has 3 N–H and O–H groups in total. The smallest absolute Gasteiger partial charge is 0.255 e. The molecule has 0 spiro atoms. The summed E-state index contributed by atoms with van der Waals surface area (Å²) >= 11 is 1.64. The van der Waals surface area contributed by atoms with E-state index in [0.717, 1.165) is 51.7 Å². The summed E-state index contributed by atoms with van der Waals surface area (Å²) in [6.07, 6.45) is 6.56. The lowest BCUT2D eigenvalue weighted by Gasteiger charge is -2.15. The van der Waals surface area contributed by atoms with Gasteiger partial charge in [0.2, 0.25) is 0 Å². The van der Waals surface area contributed by atoms with E-state index in [0.29, 0.717) is 12.1 Å². The van der Waals surface area contributed by atoms with Crippen LogP contribution in [0.5, 0.6) is 0 Å². The van der Waals surface area contributed by atoms with Crippen LogP contribution in [0.1, 0.15) is 24.8 Å². The maximum Gasteiger partial charge on any atom is 0.255 e. The number of aliphatic hydroxyl groups excluding tert-OH is 1. The molecule has 3 heterocycles. The van der Waals surface area contributed by atoms with Crippen molar-refractivity contribution in [2.45, 2.75) is 38.0 Å². The minimum atomic E-state index is -0.0721. The molecule has 0 bridgehead atoms. The highest BCUT2D eigenvalue weighted by atomic mass is 32.1. The third-order valence-electron chi connectivity index (χ3n) is 5.60. The average Bonchev–Trinajstić information content (AvgIpc) is 3.40. The van der Waals surface area contributed by atoms with Gasteiger partial charge in [-0.15, -0.1) is 0 Å². The Balaban J connectivity index is 1.20. The van der Waals surface area contributed by atoms with E-state index >= 15 is 0 Å². The average molecular weight is 434 g/mol. The van der Waals surface area contributed by atoms with Crippen LogP contribution in [0, 0.1) is 0 Å². The summed E-state index contributed by atoms with van der Waals surface area (Å²) in [7, 11) is 0. The maximum absolute atomic E-state index is 12.0. The van der Waals surface area contributed by atoms with Gasteiger partial charge >= 0.3 is 0 Å². The van der Waals surface area contributed by atoms with Crippen molar-refractivity contribution in [1.82, 2.24) is 14.5 Å². The number of anilines is 2. The Labute approximate surface area is 183 Å². The monoisotopic (exact) mass is 433 g/mol. The van der Waals surface area contributed by atoms with Gasteiger partial charge in [0.25, 0.3) is 5.56 Å². The molecular weight excluding hydrogens is 410 g/mol. The Kier molecular flexibility index (Phi) is 5.40. The summed E-state index contributed by atoms with van der Waals surface area (Å²) < 4.78 is 2.70. The minimum Gasteiger partial charge on any atom is -0.392 e. The molecule has 7 nitrogen and oxygen atoms in total. The Bertz CT molecular complexity index is 1250. The van der Waals surface area contributed by atoms with Crippen LogP contribution in [-0.4, -0.2) is 31.7 Å². The molecule has 5 rings (SSSR count). The van der Waals surface area contributed by atoms with Gasteiger partial charge in [-0.1, -0.05) is 23.5 Å². The zero-order valence-electron chi connectivity index (χ0n) is 16.9. The van der Waals surface area contributed by atoms with E-state index in [4.69, 9.17) is 0 Å². The largest absolute Gasteiger partial charge is 0.392 e. The second kappa shape index (κ2) is 8.49. The summed E-state index contributed by atoms with van der Waals surface area (Å²) in [5.41, 5.74) is 2.48. The van der Waals surface area contributed by atoms with Gasteiger partial charge in [0.15, 0.2) is 5.13 Å². The summed E-state index contributed by atoms with van der Waals surface area (Å²) in [6, 6.07) is 15.5. The summed E-state index contributed by atoms with van der Waals surface area (Å²) in [5.74, 6) is 0.815. The Morgan fingerprint density at radius 2 is 1.97 bits per heavy atom. The van der Waals surface area contributed by atoms with E-state index in [1.165, 1.54) is 6.07 Å². The molecule has 1 aliphatic carbocycles. The number of nitrogens with one attached hydrogen (secondary N) is 2. The van der Waals surface area contributed by atoms with E-state index in [1.807, 2.05) is 36.4 Å². The first-order valence-corrected chi connectivity index (χ1v) is 11.2. The first-order chi connectivity index (χ1) is 15.2. The zero-order chi connectivity index (χ0) is 21.2. The molecular formula is C23H23N5O2S. The number of hydrogen-bond acceptors (Lipinski definition) is 7. The lowest BCUT2D eigenvalue weighted by atomic mass is 10.2. The fraction of sp³-hybridized carbons (Fsp3) is 0.261. The van der Waals surface area contributed by atoms with Crippen molar-refractivity contribution >= 4 is 32.5 Å². The number of hydrogen-bond donors (Lipinski definition) is 3. The van der Waals surface area contributed by atoms with Gasteiger partial charge in [-0.2, -0.15) is 0 Å². The fourth-order valence-electron chi connectivity index (χ4n) is 4.02. The number of pyridine rings is 2. The van der Waals surface area contributed by atoms with Crippen LogP contribution >= 0.6 is 11.3 Å². The molecule has 1 aromatic carbocycles. The highest BCUT2D eigenvalue weighted by Gasteiger charge is 2.25. The molecule has 2 atom stereocenters. The van der Waals surface area contributed by atoms with Gasteiger partial charge in [0.1, 0.15) is 5.82 Å². The maximum atomic E-state index is 12.0. The first-order valence-electron chi connectivity index (χ1n) is 10.4. The Morgan fingerprint density at radius 3 is 2.74 bits per heavy atom. The van der Waals surface area contributed by atoms with Crippen molar-refractivity contribution in [2.75, 3.05) is 10.6 Å². The quantitative estimate of drug-likeness (QED) is 0.429. The molecule has 0 saturated heterocycles. The van der Waals surface area contributed by atoms with Crippen LogP contribution in [0.2, 0.25) is 0 Å². The Morgan fingerprint density at radius 1 is 1.10 bits per heavy atom. The molecule has 8 heteroatoms. The number of benzene rings is 1. The highest BCUT2D eigenvalue weighted by Crippen LogP contribution is 2.30. The van der Waals surface area contributed by atoms with Crippen molar-refractivity contribution in [3.8, 4) is 5.69 Å². The minimum absolute atomic E-state index is 0.0311. The second-order valence-electron chi connectivity index (χ2n) is 7.79. The number of rotatable bonds is 6. The normalized spacial score (nSPS) is 18.4. The molecule has 31 heavy (non-hydrogen) atoms. The van der Waals surface area contributed by atoms with E-state index in [1.54, 1.807) is 34.4 Å². The number of aromatic nitrogens is 3. The molecule has 1 saturated carbocycles. The summed E-state index contributed by atoms with van der Waals surface area (Å²) in [4.78, 5) is 21.1. The van der Waals surface area contributed by atoms with Gasteiger partial charge < -0.3 is 15.7 Å². The van der Waals surface area contributed by atoms with Crippen molar-refractivity contribution < 1.29 is 5.11 Å².